The van der Waals surface area contributed by atoms with Crippen molar-refractivity contribution in [3.63, 3.8) is 0 Å². The van der Waals surface area contributed by atoms with Crippen LogP contribution in [-0.2, 0) is 0 Å². The van der Waals surface area contributed by atoms with Gasteiger partial charge in [-0.05, 0) is 61.0 Å². The first-order chi connectivity index (χ1) is 10.2. The van der Waals surface area contributed by atoms with Crippen LogP contribution in [0.3, 0.4) is 0 Å². The zero-order valence-electron chi connectivity index (χ0n) is 13.1. The lowest BCUT2D eigenvalue weighted by molar-refractivity contribution is 0.303. The Labute approximate surface area is 135 Å². The molecule has 0 aliphatic heterocycles. The van der Waals surface area contributed by atoms with Crippen molar-refractivity contribution in [2.75, 3.05) is 31.5 Å². The number of nitrogens with one attached hydrogen (secondary N) is 1. The number of pyridine rings is 1. The van der Waals surface area contributed by atoms with E-state index >= 15 is 0 Å². The summed E-state index contributed by atoms with van der Waals surface area (Å²) in [5.74, 6) is 0. The van der Waals surface area contributed by atoms with Crippen molar-refractivity contribution in [2.45, 2.75) is 27.2 Å². The number of aryl methyl sites for hydroxylation is 1. The van der Waals surface area contributed by atoms with Crippen LogP contribution < -0.4 is 5.32 Å². The van der Waals surface area contributed by atoms with E-state index in [9.17, 15) is 0 Å². The molecule has 0 atom stereocenters. The molecule has 0 aliphatic rings. The lowest BCUT2D eigenvalue weighted by Gasteiger charge is -2.18. The van der Waals surface area contributed by atoms with E-state index < -0.39 is 0 Å². The number of hydrogen-bond acceptors (Lipinski definition) is 3. The fourth-order valence-corrected chi connectivity index (χ4v) is 3.01. The molecule has 4 heteroatoms. The van der Waals surface area contributed by atoms with Crippen molar-refractivity contribution >= 4 is 32.5 Å². The average molecular weight is 350 g/mol. The molecule has 21 heavy (non-hydrogen) atoms. The first-order valence-electron chi connectivity index (χ1n) is 7.67. The summed E-state index contributed by atoms with van der Waals surface area (Å²) in [7, 11) is 0. The summed E-state index contributed by atoms with van der Waals surface area (Å²) in [4.78, 5) is 7.08. The molecule has 0 radical (unpaired) electrons. The minimum Gasteiger partial charge on any atom is -0.384 e. The van der Waals surface area contributed by atoms with E-state index in [-0.39, 0.29) is 0 Å². The largest absolute Gasteiger partial charge is 0.384 e. The zero-order valence-corrected chi connectivity index (χ0v) is 14.7. The van der Waals surface area contributed by atoms with E-state index in [2.05, 4.69) is 63.2 Å². The van der Waals surface area contributed by atoms with Gasteiger partial charge >= 0.3 is 0 Å². The Balaban J connectivity index is 2.07. The molecule has 1 aromatic heterocycles. The van der Waals surface area contributed by atoms with Gasteiger partial charge in [0.2, 0.25) is 0 Å². The summed E-state index contributed by atoms with van der Waals surface area (Å²) in [6, 6.07) is 8.36. The normalized spacial score (nSPS) is 11.3. The van der Waals surface area contributed by atoms with E-state index in [1.807, 2.05) is 13.0 Å². The van der Waals surface area contributed by atoms with Crippen molar-refractivity contribution in [3.8, 4) is 0 Å². The highest BCUT2D eigenvalue weighted by atomic mass is 79.9. The predicted molar refractivity (Wildman–Crippen MR) is 95.1 cm³/mol. The lowest BCUT2D eigenvalue weighted by Crippen LogP contribution is -2.25. The number of nitrogens with zero attached hydrogens (tertiary/aromatic N) is 2. The second-order valence-electron chi connectivity index (χ2n) is 5.25. The standard InChI is InChI=1S/C17H24BrN3/c1-4-21(5-2)11-7-10-19-16-12-13(3)20-17-14(16)8-6-9-15(17)18/h6,8-9,12H,4-5,7,10-11H2,1-3H3,(H,19,20). The van der Waals surface area contributed by atoms with Gasteiger partial charge in [0.05, 0.1) is 5.52 Å². The molecular weight excluding hydrogens is 326 g/mol. The van der Waals surface area contributed by atoms with Gasteiger partial charge in [-0.15, -0.1) is 0 Å². The zero-order chi connectivity index (χ0) is 15.2. The number of para-hydroxylation sites is 1. The summed E-state index contributed by atoms with van der Waals surface area (Å²) in [5.41, 5.74) is 3.25. The number of benzene rings is 1. The molecule has 0 fully saturated rings. The predicted octanol–water partition coefficient (Wildman–Crippen LogP) is 4.45. The van der Waals surface area contributed by atoms with Gasteiger partial charge in [-0.1, -0.05) is 26.0 Å². The maximum Gasteiger partial charge on any atom is 0.0867 e. The van der Waals surface area contributed by atoms with E-state index in [1.54, 1.807) is 0 Å². The maximum atomic E-state index is 4.62. The van der Waals surface area contributed by atoms with Crippen LogP contribution in [0.5, 0.6) is 0 Å². The van der Waals surface area contributed by atoms with Gasteiger partial charge < -0.3 is 10.2 Å². The Morgan fingerprint density at radius 1 is 1.24 bits per heavy atom. The number of rotatable bonds is 7. The maximum absolute atomic E-state index is 4.62. The van der Waals surface area contributed by atoms with Crippen LogP contribution in [0.25, 0.3) is 10.9 Å². The highest BCUT2D eigenvalue weighted by molar-refractivity contribution is 9.10. The molecule has 2 aromatic rings. The molecule has 0 unspecified atom stereocenters. The van der Waals surface area contributed by atoms with Crippen molar-refractivity contribution in [2.24, 2.45) is 0 Å². The first-order valence-corrected chi connectivity index (χ1v) is 8.47. The van der Waals surface area contributed by atoms with Gasteiger partial charge in [-0.2, -0.15) is 0 Å². The Morgan fingerprint density at radius 2 is 2.00 bits per heavy atom. The third-order valence-electron chi connectivity index (χ3n) is 3.78. The Morgan fingerprint density at radius 3 is 2.71 bits per heavy atom. The second-order valence-corrected chi connectivity index (χ2v) is 6.11. The molecule has 114 valence electrons. The number of halogens is 1. The van der Waals surface area contributed by atoms with Gasteiger partial charge in [0.1, 0.15) is 0 Å². The van der Waals surface area contributed by atoms with Gasteiger partial charge in [-0.25, -0.2) is 0 Å². The molecule has 2 rings (SSSR count). The smallest absolute Gasteiger partial charge is 0.0867 e. The molecule has 0 amide bonds. The van der Waals surface area contributed by atoms with Gasteiger partial charge in [0.25, 0.3) is 0 Å². The highest BCUT2D eigenvalue weighted by Gasteiger charge is 2.06. The van der Waals surface area contributed by atoms with Gasteiger partial charge in [-0.3, -0.25) is 4.98 Å². The van der Waals surface area contributed by atoms with Crippen molar-refractivity contribution < 1.29 is 0 Å². The van der Waals surface area contributed by atoms with E-state index in [4.69, 9.17) is 0 Å². The quantitative estimate of drug-likeness (QED) is 0.748. The monoisotopic (exact) mass is 349 g/mol. The van der Waals surface area contributed by atoms with E-state index in [0.29, 0.717) is 0 Å². The lowest BCUT2D eigenvalue weighted by atomic mass is 10.1. The fraction of sp³-hybridized carbons (Fsp3) is 0.471. The molecular formula is C17H24BrN3. The average Bonchev–Trinajstić information content (AvgIpc) is 2.48. The summed E-state index contributed by atoms with van der Waals surface area (Å²) >= 11 is 3.59. The summed E-state index contributed by atoms with van der Waals surface area (Å²) in [6.07, 6.45) is 1.15. The Kier molecular flexibility index (Phi) is 6.00. The summed E-state index contributed by atoms with van der Waals surface area (Å²) < 4.78 is 1.05. The molecule has 1 aromatic carbocycles. The third-order valence-corrected chi connectivity index (χ3v) is 4.42. The van der Waals surface area contributed by atoms with Crippen LogP contribution in [-0.4, -0.2) is 36.1 Å². The molecule has 0 saturated carbocycles. The fourth-order valence-electron chi connectivity index (χ4n) is 2.55. The number of hydrogen-bond donors (Lipinski definition) is 1. The molecule has 1 N–H and O–H groups in total. The van der Waals surface area contributed by atoms with E-state index in [0.717, 1.165) is 48.3 Å². The Bertz CT molecular complexity index is 594. The van der Waals surface area contributed by atoms with Gasteiger partial charge in [0.15, 0.2) is 0 Å². The molecule has 0 spiro atoms. The van der Waals surface area contributed by atoms with Crippen LogP contribution in [0.1, 0.15) is 26.0 Å². The van der Waals surface area contributed by atoms with Crippen molar-refractivity contribution in [3.05, 3.63) is 34.4 Å². The SMILES string of the molecule is CCN(CC)CCCNc1cc(C)nc2c(Br)cccc12. The number of aromatic nitrogens is 1. The molecule has 0 aliphatic carbocycles. The van der Waals surface area contributed by atoms with Crippen LogP contribution in [0.4, 0.5) is 5.69 Å². The first kappa shape index (κ1) is 16.2. The molecule has 0 bridgehead atoms. The Hall–Kier alpha value is -1.13. The van der Waals surface area contributed by atoms with Crippen LogP contribution in [0.15, 0.2) is 28.7 Å². The van der Waals surface area contributed by atoms with Gasteiger partial charge in [0, 0.05) is 27.8 Å². The van der Waals surface area contributed by atoms with Crippen LogP contribution in [0.2, 0.25) is 0 Å². The van der Waals surface area contributed by atoms with E-state index in [1.165, 1.54) is 11.1 Å². The van der Waals surface area contributed by atoms with Crippen LogP contribution >= 0.6 is 15.9 Å². The minimum absolute atomic E-state index is 0.988. The highest BCUT2D eigenvalue weighted by Crippen LogP contribution is 2.28. The second kappa shape index (κ2) is 7.76. The van der Waals surface area contributed by atoms with Crippen LogP contribution in [0, 0.1) is 6.92 Å². The molecule has 1 heterocycles. The topological polar surface area (TPSA) is 28.2 Å². The van der Waals surface area contributed by atoms with Crippen molar-refractivity contribution in [1.82, 2.24) is 9.88 Å². The molecule has 3 nitrogen and oxygen atoms in total. The third kappa shape index (κ3) is 4.17. The number of anilines is 1. The summed E-state index contributed by atoms with van der Waals surface area (Å²) in [5, 5.41) is 4.75. The molecule has 0 saturated heterocycles. The summed E-state index contributed by atoms with van der Waals surface area (Å²) in [6.45, 7) is 10.9. The minimum atomic E-state index is 0.988. The number of fused-ring (bicyclic) bond motifs is 1. The van der Waals surface area contributed by atoms with Crippen molar-refractivity contribution in [1.29, 1.82) is 0 Å².